The third-order valence-corrected chi connectivity index (χ3v) is 2.46. The van der Waals surface area contributed by atoms with Crippen LogP contribution in [-0.2, 0) is 5.92 Å². The van der Waals surface area contributed by atoms with Crippen molar-refractivity contribution in [1.29, 1.82) is 0 Å². The molecule has 0 aliphatic rings. The fourth-order valence-corrected chi connectivity index (χ4v) is 1.36. The lowest BCUT2D eigenvalue weighted by Crippen LogP contribution is -2.50. The summed E-state index contributed by atoms with van der Waals surface area (Å²) in [7, 11) is 0. The Morgan fingerprint density at radius 2 is 1.40 bits per heavy atom. The lowest BCUT2D eigenvalue weighted by atomic mass is 9.98. The van der Waals surface area contributed by atoms with Gasteiger partial charge < -0.3 is 5.21 Å². The van der Waals surface area contributed by atoms with Crippen molar-refractivity contribution in [2.75, 3.05) is 0 Å². The highest BCUT2D eigenvalue weighted by molar-refractivity contribution is 5.98. The molecule has 0 radical (unpaired) electrons. The first kappa shape index (κ1) is 16.3. The summed E-state index contributed by atoms with van der Waals surface area (Å²) in [5, 5.41) is 9.70. The maximum atomic E-state index is 13.7. The van der Waals surface area contributed by atoms with Gasteiger partial charge in [-0.2, -0.15) is 30.7 Å². The second kappa shape index (κ2) is 4.95. The molecule has 0 atom stereocenters. The van der Waals surface area contributed by atoms with Crippen molar-refractivity contribution in [2.45, 2.75) is 24.9 Å². The molecule has 0 aliphatic carbocycles. The van der Waals surface area contributed by atoms with Crippen LogP contribution in [0.4, 0.5) is 30.7 Å². The fourth-order valence-electron chi connectivity index (χ4n) is 1.36. The molecule has 0 saturated heterocycles. The molecule has 0 fully saturated rings. The molecule has 112 valence electrons. The number of benzene rings is 1. The Labute approximate surface area is 108 Å². The predicted molar refractivity (Wildman–Crippen MR) is 55.3 cm³/mol. The Morgan fingerprint density at radius 1 is 0.950 bits per heavy atom. The summed E-state index contributed by atoms with van der Waals surface area (Å²) >= 11 is 0. The molecule has 1 aromatic carbocycles. The van der Waals surface area contributed by atoms with E-state index in [0.717, 1.165) is 12.1 Å². The van der Waals surface area contributed by atoms with Crippen molar-refractivity contribution >= 4 is 5.71 Å². The molecular formula is C11H8F7NO. The Balaban J connectivity index is 3.34. The normalized spacial score (nSPS) is 14.5. The van der Waals surface area contributed by atoms with E-state index in [0.29, 0.717) is 17.7 Å². The average Bonchev–Trinajstić information content (AvgIpc) is 2.28. The van der Waals surface area contributed by atoms with Crippen molar-refractivity contribution in [2.24, 2.45) is 5.16 Å². The smallest absolute Gasteiger partial charge is 0.411 e. The SMILES string of the molecule is Cc1ccc(C(F)(F)/C(=N\O)C(F)(F)C(F)(F)F)cc1. The van der Waals surface area contributed by atoms with Gasteiger partial charge in [0.15, 0.2) is 0 Å². The number of hydrogen-bond acceptors (Lipinski definition) is 2. The molecule has 20 heavy (non-hydrogen) atoms. The van der Waals surface area contributed by atoms with Gasteiger partial charge in [0.2, 0.25) is 5.71 Å². The van der Waals surface area contributed by atoms with E-state index in [9.17, 15) is 30.7 Å². The largest absolute Gasteiger partial charge is 0.459 e. The summed E-state index contributed by atoms with van der Waals surface area (Å²) in [5.41, 5.74) is -3.62. The number of rotatable bonds is 3. The number of oxime groups is 1. The number of hydrogen-bond donors (Lipinski definition) is 1. The van der Waals surface area contributed by atoms with E-state index < -0.39 is 29.3 Å². The summed E-state index contributed by atoms with van der Waals surface area (Å²) in [4.78, 5) is 0. The van der Waals surface area contributed by atoms with E-state index >= 15 is 0 Å². The van der Waals surface area contributed by atoms with Crippen LogP contribution in [0.25, 0.3) is 0 Å². The molecule has 0 spiro atoms. The number of halogens is 7. The second-order valence-corrected chi connectivity index (χ2v) is 3.96. The van der Waals surface area contributed by atoms with Gasteiger partial charge in [0.05, 0.1) is 0 Å². The van der Waals surface area contributed by atoms with Crippen LogP contribution in [0.5, 0.6) is 0 Å². The van der Waals surface area contributed by atoms with Gasteiger partial charge in [-0.25, -0.2) is 0 Å². The Kier molecular flexibility index (Phi) is 4.02. The second-order valence-electron chi connectivity index (χ2n) is 3.96. The van der Waals surface area contributed by atoms with Crippen LogP contribution in [0.3, 0.4) is 0 Å². The monoisotopic (exact) mass is 303 g/mol. The van der Waals surface area contributed by atoms with E-state index in [1.165, 1.54) is 12.1 Å². The zero-order valence-corrected chi connectivity index (χ0v) is 9.85. The van der Waals surface area contributed by atoms with Gasteiger partial charge >= 0.3 is 18.0 Å². The highest BCUT2D eigenvalue weighted by Crippen LogP contribution is 2.44. The Bertz CT molecular complexity index is 504. The van der Waals surface area contributed by atoms with Crippen LogP contribution >= 0.6 is 0 Å². The highest BCUT2D eigenvalue weighted by Gasteiger charge is 2.68. The molecule has 0 heterocycles. The first-order valence-corrected chi connectivity index (χ1v) is 5.07. The van der Waals surface area contributed by atoms with Crippen molar-refractivity contribution < 1.29 is 35.9 Å². The van der Waals surface area contributed by atoms with E-state index in [4.69, 9.17) is 5.21 Å². The van der Waals surface area contributed by atoms with E-state index in [2.05, 4.69) is 0 Å². The van der Waals surface area contributed by atoms with Gasteiger partial charge in [-0.05, 0) is 6.92 Å². The van der Waals surface area contributed by atoms with E-state index in [1.54, 1.807) is 0 Å². The highest BCUT2D eigenvalue weighted by atomic mass is 19.4. The van der Waals surface area contributed by atoms with Crippen LogP contribution in [0, 0.1) is 6.92 Å². The third kappa shape index (κ3) is 2.70. The van der Waals surface area contributed by atoms with Crippen LogP contribution in [0.2, 0.25) is 0 Å². The van der Waals surface area contributed by atoms with E-state index in [-0.39, 0.29) is 0 Å². The van der Waals surface area contributed by atoms with Gasteiger partial charge in [0, 0.05) is 5.56 Å². The molecule has 1 aromatic rings. The maximum Gasteiger partial charge on any atom is 0.459 e. The summed E-state index contributed by atoms with van der Waals surface area (Å²) in [6.07, 6.45) is -6.30. The van der Waals surface area contributed by atoms with Crippen molar-refractivity contribution in [3.05, 3.63) is 35.4 Å². The molecule has 0 aliphatic heterocycles. The fraction of sp³-hybridized carbons (Fsp3) is 0.364. The van der Waals surface area contributed by atoms with Gasteiger partial charge in [0.25, 0.3) is 0 Å². The summed E-state index contributed by atoms with van der Waals surface area (Å²) in [6, 6.07) is 3.55. The average molecular weight is 303 g/mol. The number of nitrogens with zero attached hydrogens (tertiary/aromatic N) is 1. The summed E-state index contributed by atoms with van der Waals surface area (Å²) < 4.78 is 89.7. The van der Waals surface area contributed by atoms with Crippen molar-refractivity contribution in [3.63, 3.8) is 0 Å². The summed E-state index contributed by atoms with van der Waals surface area (Å²) in [6.45, 7) is 1.51. The Hall–Kier alpha value is -1.80. The minimum atomic E-state index is -6.30. The lowest BCUT2D eigenvalue weighted by molar-refractivity contribution is -0.254. The molecule has 0 aromatic heterocycles. The van der Waals surface area contributed by atoms with Crippen LogP contribution in [0.1, 0.15) is 11.1 Å². The van der Waals surface area contributed by atoms with Crippen LogP contribution in [0.15, 0.2) is 29.4 Å². The number of alkyl halides is 7. The zero-order chi connectivity index (χ0) is 15.8. The lowest BCUT2D eigenvalue weighted by Gasteiger charge is -2.26. The van der Waals surface area contributed by atoms with Gasteiger partial charge in [0.1, 0.15) is 0 Å². The minimum Gasteiger partial charge on any atom is -0.411 e. The molecule has 0 unspecified atom stereocenters. The van der Waals surface area contributed by atoms with Crippen molar-refractivity contribution in [1.82, 2.24) is 0 Å². The molecular weight excluding hydrogens is 295 g/mol. The maximum absolute atomic E-state index is 13.7. The molecule has 1 rings (SSSR count). The summed E-state index contributed by atoms with van der Waals surface area (Å²) in [5.74, 6) is -10.7. The van der Waals surface area contributed by atoms with Gasteiger partial charge in [-0.3, -0.25) is 0 Å². The van der Waals surface area contributed by atoms with Gasteiger partial charge in [-0.15, -0.1) is 0 Å². The molecule has 1 N–H and O–H groups in total. The third-order valence-electron chi connectivity index (χ3n) is 2.46. The Morgan fingerprint density at radius 3 is 1.75 bits per heavy atom. The first-order chi connectivity index (χ1) is 8.94. The van der Waals surface area contributed by atoms with E-state index in [1.807, 2.05) is 0 Å². The first-order valence-electron chi connectivity index (χ1n) is 5.07. The number of aryl methyl sites for hydroxylation is 1. The zero-order valence-electron chi connectivity index (χ0n) is 9.85. The predicted octanol–water partition coefficient (Wildman–Crippen LogP) is 4.11. The van der Waals surface area contributed by atoms with Crippen molar-refractivity contribution in [3.8, 4) is 0 Å². The molecule has 0 bridgehead atoms. The van der Waals surface area contributed by atoms with Crippen LogP contribution in [-0.4, -0.2) is 23.0 Å². The van der Waals surface area contributed by atoms with Crippen LogP contribution < -0.4 is 0 Å². The standard InChI is InChI=1S/C11H8F7NO/c1-6-2-4-7(5-3-6)9(12,13)8(19-20)10(14,15)11(16,17)18/h2-5,20H,1H3/b19-8+. The molecule has 9 heteroatoms. The quantitative estimate of drug-likeness (QED) is 0.387. The minimum absolute atomic E-state index is 0.495. The molecule has 0 amide bonds. The molecule has 2 nitrogen and oxygen atoms in total. The van der Waals surface area contributed by atoms with Gasteiger partial charge in [-0.1, -0.05) is 35.0 Å². The molecule has 0 saturated carbocycles. The topological polar surface area (TPSA) is 32.6 Å².